The lowest BCUT2D eigenvalue weighted by atomic mass is 10.1. The molecule has 0 spiro atoms. The van der Waals surface area contributed by atoms with Crippen molar-refractivity contribution >= 4 is 11.8 Å². The molecule has 1 unspecified atom stereocenters. The van der Waals surface area contributed by atoms with Gasteiger partial charge in [0.05, 0.1) is 0 Å². The molecule has 0 aliphatic carbocycles. The van der Waals surface area contributed by atoms with E-state index in [9.17, 15) is 9.59 Å². The van der Waals surface area contributed by atoms with Crippen LogP contribution in [0.2, 0.25) is 0 Å². The minimum Gasteiger partial charge on any atom is -0.364 e. The number of likely N-dealkylation sites (N-methyl/N-ethyl adjacent to an activating group) is 1. The van der Waals surface area contributed by atoms with Gasteiger partial charge in [-0.05, 0) is 6.92 Å². The lowest BCUT2D eigenvalue weighted by molar-refractivity contribution is -0.126. The minimum absolute atomic E-state index is 0.151. The molecule has 0 aromatic carbocycles. The summed E-state index contributed by atoms with van der Waals surface area (Å²) in [5.74, 6) is -0.428. The second kappa shape index (κ2) is 5.63. The van der Waals surface area contributed by atoms with Crippen LogP contribution in [0.4, 0.5) is 0 Å². The van der Waals surface area contributed by atoms with Crippen molar-refractivity contribution in [3.05, 3.63) is 18.0 Å². The van der Waals surface area contributed by atoms with Gasteiger partial charge in [-0.2, -0.15) is 0 Å². The van der Waals surface area contributed by atoms with Crippen LogP contribution < -0.4 is 10.6 Å². The molecule has 7 nitrogen and oxygen atoms in total. The monoisotopic (exact) mass is 252 g/mol. The first-order valence-corrected chi connectivity index (χ1v) is 5.93. The first kappa shape index (κ1) is 12.6. The van der Waals surface area contributed by atoms with E-state index < -0.39 is 6.04 Å². The van der Waals surface area contributed by atoms with Crippen LogP contribution in [-0.2, 0) is 4.79 Å². The summed E-state index contributed by atoms with van der Waals surface area (Å²) in [6, 6.07) is 1.00. The molecule has 0 bridgehead atoms. The summed E-state index contributed by atoms with van der Waals surface area (Å²) in [5, 5.41) is 9.45. The van der Waals surface area contributed by atoms with Gasteiger partial charge in [0.1, 0.15) is 12.3 Å². The molecule has 2 heterocycles. The third-order valence-corrected chi connectivity index (χ3v) is 2.81. The largest absolute Gasteiger partial charge is 0.364 e. The fourth-order valence-electron chi connectivity index (χ4n) is 1.94. The number of carbonyl (C=O) groups excluding carboxylic acids is 2. The van der Waals surface area contributed by atoms with Gasteiger partial charge in [-0.3, -0.25) is 9.59 Å². The van der Waals surface area contributed by atoms with Crippen LogP contribution in [-0.4, -0.2) is 54.1 Å². The molecule has 0 saturated carbocycles. The molecule has 1 aromatic rings. The number of rotatable bonds is 3. The zero-order valence-corrected chi connectivity index (χ0v) is 10.2. The summed E-state index contributed by atoms with van der Waals surface area (Å²) in [6.07, 6.45) is 1.34. The topological polar surface area (TPSA) is 87.5 Å². The summed E-state index contributed by atoms with van der Waals surface area (Å²) in [7, 11) is 0. The van der Waals surface area contributed by atoms with Gasteiger partial charge in [-0.1, -0.05) is 5.16 Å². The van der Waals surface area contributed by atoms with Crippen LogP contribution in [0.25, 0.3) is 0 Å². The molecule has 7 heteroatoms. The van der Waals surface area contributed by atoms with E-state index in [2.05, 4.69) is 20.3 Å². The number of amides is 2. The molecule has 98 valence electrons. The molecule has 1 aromatic heterocycles. The zero-order valence-electron chi connectivity index (χ0n) is 10.2. The number of nitrogens with zero attached hydrogens (tertiary/aromatic N) is 2. The van der Waals surface area contributed by atoms with Crippen LogP contribution in [0.3, 0.4) is 0 Å². The summed E-state index contributed by atoms with van der Waals surface area (Å²) in [5.41, 5.74) is 0.228. The van der Waals surface area contributed by atoms with Crippen LogP contribution in [0.5, 0.6) is 0 Å². The van der Waals surface area contributed by atoms with Crippen molar-refractivity contribution in [1.82, 2.24) is 20.7 Å². The Bertz CT molecular complexity index is 418. The fraction of sp³-hybridized carbons (Fsp3) is 0.545. The predicted molar refractivity (Wildman–Crippen MR) is 62.9 cm³/mol. The highest BCUT2D eigenvalue weighted by Crippen LogP contribution is 2.09. The molecule has 2 N–H and O–H groups in total. The van der Waals surface area contributed by atoms with Crippen molar-refractivity contribution in [2.75, 3.05) is 26.2 Å². The van der Waals surface area contributed by atoms with E-state index in [1.807, 2.05) is 6.92 Å². The highest BCUT2D eigenvalue weighted by atomic mass is 16.5. The van der Waals surface area contributed by atoms with E-state index in [0.29, 0.717) is 26.2 Å². The molecule has 2 rings (SSSR count). The maximum Gasteiger partial charge on any atom is 0.276 e. The van der Waals surface area contributed by atoms with Crippen LogP contribution in [0.15, 0.2) is 16.9 Å². The molecule has 18 heavy (non-hydrogen) atoms. The van der Waals surface area contributed by atoms with Gasteiger partial charge in [0.15, 0.2) is 5.69 Å². The van der Waals surface area contributed by atoms with Gasteiger partial charge >= 0.3 is 0 Å². The Balaban J connectivity index is 2.12. The molecule has 0 radical (unpaired) electrons. The first-order chi connectivity index (χ1) is 8.74. The predicted octanol–water partition coefficient (Wildman–Crippen LogP) is -0.775. The number of nitrogens with one attached hydrogen (secondary N) is 2. The van der Waals surface area contributed by atoms with Gasteiger partial charge in [0.25, 0.3) is 5.91 Å². The Kier molecular flexibility index (Phi) is 3.93. The van der Waals surface area contributed by atoms with Crippen molar-refractivity contribution in [2.45, 2.75) is 13.0 Å². The van der Waals surface area contributed by atoms with Crippen molar-refractivity contribution < 1.29 is 14.1 Å². The van der Waals surface area contributed by atoms with Crippen molar-refractivity contribution in [2.24, 2.45) is 0 Å². The van der Waals surface area contributed by atoms with Gasteiger partial charge in [0, 0.05) is 32.2 Å². The minimum atomic E-state index is -0.497. The average molecular weight is 252 g/mol. The third-order valence-electron chi connectivity index (χ3n) is 2.81. The number of piperazine rings is 1. The molecular weight excluding hydrogens is 236 g/mol. The molecular formula is C11H16N4O3. The smallest absolute Gasteiger partial charge is 0.276 e. The second-order valence-corrected chi connectivity index (χ2v) is 4.00. The Morgan fingerprint density at radius 1 is 1.67 bits per heavy atom. The third kappa shape index (κ3) is 2.51. The number of hydrogen-bond donors (Lipinski definition) is 2. The highest BCUT2D eigenvalue weighted by molar-refractivity contribution is 5.96. The Morgan fingerprint density at radius 3 is 3.17 bits per heavy atom. The molecule has 1 saturated heterocycles. The molecule has 1 atom stereocenters. The van der Waals surface area contributed by atoms with Crippen LogP contribution in [0.1, 0.15) is 17.4 Å². The number of hydrogen-bond acceptors (Lipinski definition) is 5. The highest BCUT2D eigenvalue weighted by Gasteiger charge is 2.33. The average Bonchev–Trinajstić information content (AvgIpc) is 2.92. The summed E-state index contributed by atoms with van der Waals surface area (Å²) >= 11 is 0. The number of aromatic nitrogens is 1. The van der Waals surface area contributed by atoms with E-state index in [4.69, 9.17) is 0 Å². The normalized spacial score (nSPS) is 19.6. The summed E-state index contributed by atoms with van der Waals surface area (Å²) in [6.45, 7) is 3.99. The Labute approximate surface area is 104 Å². The maximum absolute atomic E-state index is 12.2. The van der Waals surface area contributed by atoms with Gasteiger partial charge in [0.2, 0.25) is 5.91 Å². The van der Waals surface area contributed by atoms with Crippen molar-refractivity contribution in [1.29, 1.82) is 0 Å². The Hall–Kier alpha value is -1.89. The summed E-state index contributed by atoms with van der Waals surface area (Å²) in [4.78, 5) is 25.6. The van der Waals surface area contributed by atoms with E-state index in [0.717, 1.165) is 0 Å². The van der Waals surface area contributed by atoms with E-state index >= 15 is 0 Å². The lowest BCUT2D eigenvalue weighted by Gasteiger charge is -2.34. The second-order valence-electron chi connectivity index (χ2n) is 4.00. The van der Waals surface area contributed by atoms with E-state index in [-0.39, 0.29) is 17.5 Å². The van der Waals surface area contributed by atoms with Crippen LogP contribution >= 0.6 is 0 Å². The zero-order chi connectivity index (χ0) is 13.0. The van der Waals surface area contributed by atoms with Crippen molar-refractivity contribution in [3.8, 4) is 0 Å². The quantitative estimate of drug-likeness (QED) is 0.737. The van der Waals surface area contributed by atoms with Gasteiger partial charge < -0.3 is 20.1 Å². The molecule has 1 aliphatic rings. The fourth-order valence-corrected chi connectivity index (χ4v) is 1.94. The SMILES string of the molecule is CCNC(=O)C1CNCCN1C(=O)c1ccon1. The van der Waals surface area contributed by atoms with E-state index in [1.165, 1.54) is 17.2 Å². The van der Waals surface area contributed by atoms with Gasteiger partial charge in [-0.25, -0.2) is 0 Å². The molecule has 1 fully saturated rings. The van der Waals surface area contributed by atoms with Crippen molar-refractivity contribution in [3.63, 3.8) is 0 Å². The molecule has 2 amide bonds. The Morgan fingerprint density at radius 2 is 2.50 bits per heavy atom. The van der Waals surface area contributed by atoms with Gasteiger partial charge in [-0.15, -0.1) is 0 Å². The van der Waals surface area contributed by atoms with E-state index in [1.54, 1.807) is 0 Å². The number of carbonyl (C=O) groups is 2. The first-order valence-electron chi connectivity index (χ1n) is 5.93. The van der Waals surface area contributed by atoms with Crippen LogP contribution in [0, 0.1) is 0 Å². The standard InChI is InChI=1S/C11H16N4O3/c1-2-13-10(16)9-7-12-4-5-15(9)11(17)8-3-6-18-14-8/h3,6,9,12H,2,4-5,7H2,1H3,(H,13,16). The summed E-state index contributed by atoms with van der Waals surface area (Å²) < 4.78 is 4.66. The molecule has 1 aliphatic heterocycles. The lowest BCUT2D eigenvalue weighted by Crippen LogP contribution is -2.59. The maximum atomic E-state index is 12.2.